The summed E-state index contributed by atoms with van der Waals surface area (Å²) in [4.78, 5) is 24.0. The predicted molar refractivity (Wildman–Crippen MR) is 120 cm³/mol. The lowest BCUT2D eigenvalue weighted by molar-refractivity contribution is -0.190. The summed E-state index contributed by atoms with van der Waals surface area (Å²) in [5, 5.41) is 2.88. The third-order valence-electron chi connectivity index (χ3n) is 5.80. The molecule has 2 aromatic rings. The fraction of sp³-hybridized carbons (Fsp3) is 0.500. The largest absolute Gasteiger partial charge is 0.439 e. The van der Waals surface area contributed by atoms with Gasteiger partial charge < -0.3 is 18.9 Å². The average Bonchev–Trinajstić information content (AvgIpc) is 3.50. The number of hydrogen-bond donors (Lipinski definition) is 0. The Morgan fingerprint density at radius 3 is 2.31 bits per heavy atom. The second kappa shape index (κ2) is 11.1. The molecule has 2 amide bonds. The van der Waals surface area contributed by atoms with Crippen LogP contribution in [0.1, 0.15) is 37.2 Å². The zero-order valence-electron chi connectivity index (χ0n) is 18.0. The van der Waals surface area contributed by atoms with Gasteiger partial charge in [0.05, 0.1) is 13.2 Å². The number of rotatable bonds is 5. The molecule has 3 aliphatic heterocycles. The van der Waals surface area contributed by atoms with E-state index in [-0.39, 0.29) is 24.7 Å². The highest BCUT2D eigenvalue weighted by Gasteiger charge is 2.31. The van der Waals surface area contributed by atoms with Crippen molar-refractivity contribution < 1.29 is 28.5 Å². The SMILES string of the molecule is C1CCOC1.O=C1COC(=O)N1CCCC1OCC(c2ccc(Cl)c3ccccc23)CO1. The Balaban J connectivity index is 0.000000433. The summed E-state index contributed by atoms with van der Waals surface area (Å²) < 4.78 is 21.4. The van der Waals surface area contributed by atoms with Gasteiger partial charge in [0.2, 0.25) is 0 Å². The van der Waals surface area contributed by atoms with E-state index in [1.165, 1.54) is 18.4 Å². The molecule has 3 heterocycles. The maximum atomic E-state index is 11.5. The van der Waals surface area contributed by atoms with Crippen LogP contribution in [0, 0.1) is 0 Å². The van der Waals surface area contributed by atoms with E-state index in [9.17, 15) is 9.59 Å². The van der Waals surface area contributed by atoms with E-state index in [0.717, 1.165) is 33.9 Å². The summed E-state index contributed by atoms with van der Waals surface area (Å²) in [5.41, 5.74) is 1.17. The molecular formula is C24H28ClNO6. The molecule has 3 aliphatic rings. The number of amides is 2. The number of halogens is 1. The quantitative estimate of drug-likeness (QED) is 0.652. The van der Waals surface area contributed by atoms with Gasteiger partial charge in [0.25, 0.3) is 5.91 Å². The Bertz CT molecular complexity index is 916. The number of ether oxygens (including phenoxy) is 4. The summed E-state index contributed by atoms with van der Waals surface area (Å²) in [5.74, 6) is -0.154. The molecule has 32 heavy (non-hydrogen) atoms. The van der Waals surface area contributed by atoms with E-state index in [0.29, 0.717) is 32.6 Å². The van der Waals surface area contributed by atoms with Crippen LogP contribution >= 0.6 is 11.6 Å². The van der Waals surface area contributed by atoms with Crippen molar-refractivity contribution in [3.8, 4) is 0 Å². The minimum Gasteiger partial charge on any atom is -0.439 e. The van der Waals surface area contributed by atoms with Gasteiger partial charge in [0.1, 0.15) is 0 Å². The molecule has 5 rings (SSSR count). The first-order valence-electron chi connectivity index (χ1n) is 11.1. The van der Waals surface area contributed by atoms with Crippen LogP contribution in [0.5, 0.6) is 0 Å². The Morgan fingerprint density at radius 1 is 0.969 bits per heavy atom. The number of imide groups is 1. The lowest BCUT2D eigenvalue weighted by atomic mass is 9.94. The van der Waals surface area contributed by atoms with E-state index >= 15 is 0 Å². The molecule has 0 unspecified atom stereocenters. The Morgan fingerprint density at radius 2 is 1.69 bits per heavy atom. The second-order valence-electron chi connectivity index (χ2n) is 8.04. The molecule has 7 nitrogen and oxygen atoms in total. The topological polar surface area (TPSA) is 74.3 Å². The smallest absolute Gasteiger partial charge is 0.417 e. The van der Waals surface area contributed by atoms with Crippen LogP contribution < -0.4 is 0 Å². The molecule has 0 N–H and O–H groups in total. The van der Waals surface area contributed by atoms with Gasteiger partial charge in [-0.2, -0.15) is 0 Å². The minimum atomic E-state index is -0.569. The summed E-state index contributed by atoms with van der Waals surface area (Å²) in [6, 6.07) is 12.0. The molecule has 8 heteroatoms. The number of cyclic esters (lactones) is 1. The Hall–Kier alpha value is -2.19. The lowest BCUT2D eigenvalue weighted by Crippen LogP contribution is -2.33. The zero-order valence-corrected chi connectivity index (χ0v) is 18.7. The highest BCUT2D eigenvalue weighted by Crippen LogP contribution is 2.33. The van der Waals surface area contributed by atoms with Gasteiger partial charge in [-0.15, -0.1) is 0 Å². The first-order valence-corrected chi connectivity index (χ1v) is 11.5. The maximum absolute atomic E-state index is 11.5. The first-order chi connectivity index (χ1) is 15.6. The number of carbonyl (C=O) groups excluding carboxylic acids is 2. The lowest BCUT2D eigenvalue weighted by Gasteiger charge is -2.30. The van der Waals surface area contributed by atoms with Crippen molar-refractivity contribution in [3.05, 3.63) is 47.0 Å². The average molecular weight is 462 g/mol. The normalized spacial score (nSPS) is 23.2. The summed E-state index contributed by atoms with van der Waals surface area (Å²) in [7, 11) is 0. The van der Waals surface area contributed by atoms with Gasteiger partial charge in [0.15, 0.2) is 12.9 Å². The zero-order chi connectivity index (χ0) is 22.3. The molecular weight excluding hydrogens is 434 g/mol. The van der Waals surface area contributed by atoms with Gasteiger partial charge >= 0.3 is 6.09 Å². The van der Waals surface area contributed by atoms with Crippen LogP contribution in [0.25, 0.3) is 10.8 Å². The van der Waals surface area contributed by atoms with Gasteiger partial charge in [0, 0.05) is 42.5 Å². The van der Waals surface area contributed by atoms with Crippen molar-refractivity contribution in [1.29, 1.82) is 0 Å². The van der Waals surface area contributed by atoms with Gasteiger partial charge in [-0.1, -0.05) is 41.9 Å². The minimum absolute atomic E-state index is 0.138. The van der Waals surface area contributed by atoms with E-state index in [2.05, 4.69) is 6.07 Å². The van der Waals surface area contributed by atoms with Crippen molar-refractivity contribution in [2.75, 3.05) is 39.6 Å². The second-order valence-corrected chi connectivity index (χ2v) is 8.44. The fourth-order valence-electron chi connectivity index (χ4n) is 4.05. The number of fused-ring (bicyclic) bond motifs is 1. The van der Waals surface area contributed by atoms with E-state index < -0.39 is 6.09 Å². The molecule has 0 aliphatic carbocycles. The number of carbonyl (C=O) groups is 2. The van der Waals surface area contributed by atoms with Crippen molar-refractivity contribution in [2.24, 2.45) is 0 Å². The Labute approximate surface area is 192 Å². The molecule has 3 fully saturated rings. The van der Waals surface area contributed by atoms with E-state index in [1.807, 2.05) is 30.3 Å². The predicted octanol–water partition coefficient (Wildman–Crippen LogP) is 4.51. The molecule has 0 spiro atoms. The van der Waals surface area contributed by atoms with E-state index in [4.69, 9.17) is 30.5 Å². The molecule has 172 valence electrons. The summed E-state index contributed by atoms with van der Waals surface area (Å²) in [6.45, 7) is 3.28. The van der Waals surface area contributed by atoms with Crippen LogP contribution in [0.4, 0.5) is 4.79 Å². The number of benzene rings is 2. The highest BCUT2D eigenvalue weighted by atomic mass is 35.5. The van der Waals surface area contributed by atoms with Crippen molar-refractivity contribution in [3.63, 3.8) is 0 Å². The summed E-state index contributed by atoms with van der Waals surface area (Å²) >= 11 is 6.30. The van der Waals surface area contributed by atoms with Gasteiger partial charge in [-0.3, -0.25) is 4.79 Å². The third kappa shape index (κ3) is 5.59. The Kier molecular flexibility index (Phi) is 7.97. The number of nitrogens with zero attached hydrogens (tertiary/aromatic N) is 1. The molecule has 0 aromatic heterocycles. The van der Waals surface area contributed by atoms with Crippen LogP contribution in [0.15, 0.2) is 36.4 Å². The monoisotopic (exact) mass is 461 g/mol. The molecule has 0 saturated carbocycles. The molecule has 2 aromatic carbocycles. The first kappa shape index (κ1) is 23.0. The van der Waals surface area contributed by atoms with Crippen LogP contribution in [-0.2, 0) is 23.7 Å². The highest BCUT2D eigenvalue weighted by molar-refractivity contribution is 6.35. The van der Waals surface area contributed by atoms with Crippen LogP contribution in [0.2, 0.25) is 5.02 Å². The van der Waals surface area contributed by atoms with Crippen LogP contribution in [0.3, 0.4) is 0 Å². The van der Waals surface area contributed by atoms with Crippen molar-refractivity contribution >= 4 is 34.4 Å². The molecule has 0 bridgehead atoms. The van der Waals surface area contributed by atoms with Crippen molar-refractivity contribution in [1.82, 2.24) is 4.90 Å². The fourth-order valence-corrected chi connectivity index (χ4v) is 4.28. The molecule has 0 radical (unpaired) electrons. The number of hydrogen-bond acceptors (Lipinski definition) is 6. The molecule has 3 saturated heterocycles. The summed E-state index contributed by atoms with van der Waals surface area (Å²) in [6.07, 6.45) is 2.89. The van der Waals surface area contributed by atoms with Gasteiger partial charge in [-0.05, 0) is 36.3 Å². The van der Waals surface area contributed by atoms with E-state index in [1.54, 1.807) is 0 Å². The van der Waals surface area contributed by atoms with Crippen LogP contribution in [-0.4, -0.2) is 62.8 Å². The maximum Gasteiger partial charge on any atom is 0.417 e. The standard InChI is InChI=1S/C20H20ClNO5.C4H8O/c21-17-8-7-14(15-4-1-2-5-16(15)17)13-10-25-19(26-11-13)6-3-9-22-18(23)12-27-20(22)24;1-2-4-5-3-1/h1-2,4-5,7-8,13,19H,3,6,9-12H2;1-4H2. The third-order valence-corrected chi connectivity index (χ3v) is 6.13. The van der Waals surface area contributed by atoms with Crippen molar-refractivity contribution in [2.45, 2.75) is 37.9 Å². The van der Waals surface area contributed by atoms with Gasteiger partial charge in [-0.25, -0.2) is 9.69 Å². The molecule has 0 atom stereocenters.